The summed E-state index contributed by atoms with van der Waals surface area (Å²) in [5, 5.41) is 0. The van der Waals surface area contributed by atoms with Crippen molar-refractivity contribution in [3.63, 3.8) is 0 Å². The molecule has 1 amide bonds. The van der Waals surface area contributed by atoms with Gasteiger partial charge in [0.1, 0.15) is 0 Å². The molecule has 1 aliphatic carbocycles. The molecule has 2 heterocycles. The van der Waals surface area contributed by atoms with Crippen LogP contribution in [0.1, 0.15) is 24.8 Å². The SMILES string of the molecule is O=C([C@@H]1CCS(=O)(=O)C1)N(Cc1cccnc1)C1CC1. The van der Waals surface area contributed by atoms with E-state index < -0.39 is 9.84 Å². The van der Waals surface area contributed by atoms with E-state index in [2.05, 4.69) is 4.98 Å². The molecular formula is C14H18N2O3S. The molecule has 3 rings (SSSR count). The van der Waals surface area contributed by atoms with Crippen LogP contribution in [0.3, 0.4) is 0 Å². The Bertz CT molecular complexity index is 596. The third-order valence-electron chi connectivity index (χ3n) is 3.93. The van der Waals surface area contributed by atoms with Crippen LogP contribution in [0.25, 0.3) is 0 Å². The molecule has 0 bridgehead atoms. The van der Waals surface area contributed by atoms with E-state index in [1.165, 1.54) is 0 Å². The molecule has 1 saturated carbocycles. The molecule has 108 valence electrons. The number of carbonyl (C=O) groups excluding carboxylic acids is 1. The van der Waals surface area contributed by atoms with Crippen molar-refractivity contribution < 1.29 is 13.2 Å². The number of nitrogens with zero attached hydrogens (tertiary/aromatic N) is 2. The van der Waals surface area contributed by atoms with Gasteiger partial charge in [0.15, 0.2) is 9.84 Å². The first-order chi connectivity index (χ1) is 9.55. The molecule has 0 N–H and O–H groups in total. The van der Waals surface area contributed by atoms with E-state index in [0.29, 0.717) is 13.0 Å². The van der Waals surface area contributed by atoms with Crippen LogP contribution >= 0.6 is 0 Å². The topological polar surface area (TPSA) is 67.3 Å². The van der Waals surface area contributed by atoms with Crippen molar-refractivity contribution in [3.05, 3.63) is 30.1 Å². The van der Waals surface area contributed by atoms with Crippen LogP contribution in [0.4, 0.5) is 0 Å². The summed E-state index contributed by atoms with van der Waals surface area (Å²) in [4.78, 5) is 18.5. The van der Waals surface area contributed by atoms with Gasteiger partial charge in [0.25, 0.3) is 0 Å². The Hall–Kier alpha value is -1.43. The lowest BCUT2D eigenvalue weighted by Crippen LogP contribution is -2.37. The van der Waals surface area contributed by atoms with E-state index >= 15 is 0 Å². The number of hydrogen-bond acceptors (Lipinski definition) is 4. The Balaban J connectivity index is 1.73. The highest BCUT2D eigenvalue weighted by Crippen LogP contribution is 2.31. The van der Waals surface area contributed by atoms with Gasteiger partial charge in [0.2, 0.25) is 5.91 Å². The standard InChI is InChI=1S/C14H18N2O3S/c17-14(12-5-7-20(18,19)10-12)16(13-3-4-13)9-11-2-1-6-15-8-11/h1-2,6,8,12-13H,3-5,7,9-10H2/t12-/m1/s1. The first-order valence-corrected chi connectivity index (χ1v) is 8.77. The van der Waals surface area contributed by atoms with Crippen LogP contribution in [0, 0.1) is 5.92 Å². The first-order valence-electron chi connectivity index (χ1n) is 6.95. The highest BCUT2D eigenvalue weighted by atomic mass is 32.2. The van der Waals surface area contributed by atoms with Gasteiger partial charge in [0.05, 0.1) is 17.4 Å². The number of aromatic nitrogens is 1. The number of pyridine rings is 1. The minimum Gasteiger partial charge on any atom is -0.335 e. The molecule has 1 aliphatic heterocycles. The van der Waals surface area contributed by atoms with Crippen molar-refractivity contribution in [1.82, 2.24) is 9.88 Å². The van der Waals surface area contributed by atoms with E-state index in [1.54, 1.807) is 12.4 Å². The molecule has 6 heteroatoms. The predicted octanol–water partition coefficient (Wildman–Crippen LogP) is 1.01. The van der Waals surface area contributed by atoms with Gasteiger partial charge in [-0.15, -0.1) is 0 Å². The number of sulfone groups is 1. The molecule has 20 heavy (non-hydrogen) atoms. The van der Waals surface area contributed by atoms with Crippen LogP contribution < -0.4 is 0 Å². The summed E-state index contributed by atoms with van der Waals surface area (Å²) < 4.78 is 23.1. The fourth-order valence-corrected chi connectivity index (χ4v) is 4.42. The van der Waals surface area contributed by atoms with E-state index in [4.69, 9.17) is 0 Å². The number of amides is 1. The molecule has 5 nitrogen and oxygen atoms in total. The molecule has 1 atom stereocenters. The van der Waals surface area contributed by atoms with Gasteiger partial charge in [-0.05, 0) is 30.9 Å². The first kappa shape index (κ1) is 13.5. The second-order valence-electron chi connectivity index (χ2n) is 5.66. The maximum atomic E-state index is 12.6. The van der Waals surface area contributed by atoms with E-state index in [9.17, 15) is 13.2 Å². The zero-order valence-corrected chi connectivity index (χ0v) is 12.1. The van der Waals surface area contributed by atoms with Gasteiger partial charge in [-0.2, -0.15) is 0 Å². The minimum absolute atomic E-state index is 0.00238. The van der Waals surface area contributed by atoms with Crippen LogP contribution in [-0.2, 0) is 21.2 Å². The lowest BCUT2D eigenvalue weighted by molar-refractivity contribution is -0.136. The van der Waals surface area contributed by atoms with Gasteiger partial charge in [-0.1, -0.05) is 6.07 Å². The summed E-state index contributed by atoms with van der Waals surface area (Å²) in [6.45, 7) is 0.536. The minimum atomic E-state index is -3.01. The van der Waals surface area contributed by atoms with Gasteiger partial charge in [-0.25, -0.2) is 8.42 Å². The molecule has 0 unspecified atom stereocenters. The van der Waals surface area contributed by atoms with Crippen molar-refractivity contribution in [2.24, 2.45) is 5.92 Å². The van der Waals surface area contributed by atoms with Gasteiger partial charge >= 0.3 is 0 Å². The number of hydrogen-bond donors (Lipinski definition) is 0. The van der Waals surface area contributed by atoms with E-state index in [1.807, 2.05) is 17.0 Å². The van der Waals surface area contributed by atoms with Crippen molar-refractivity contribution in [2.75, 3.05) is 11.5 Å². The zero-order valence-electron chi connectivity index (χ0n) is 11.2. The van der Waals surface area contributed by atoms with Crippen molar-refractivity contribution in [2.45, 2.75) is 31.8 Å². The van der Waals surface area contributed by atoms with Crippen LogP contribution in [0.5, 0.6) is 0 Å². The normalized spacial score (nSPS) is 24.5. The van der Waals surface area contributed by atoms with E-state index in [-0.39, 0.29) is 29.4 Å². The second kappa shape index (κ2) is 5.16. The molecule has 2 aliphatic rings. The average molecular weight is 294 g/mol. The summed E-state index contributed by atoms with van der Waals surface area (Å²) in [7, 11) is -3.01. The molecular weight excluding hydrogens is 276 g/mol. The monoisotopic (exact) mass is 294 g/mol. The molecule has 1 aromatic heterocycles. The lowest BCUT2D eigenvalue weighted by Gasteiger charge is -2.25. The Kier molecular flexibility index (Phi) is 3.50. The Labute approximate surface area is 118 Å². The molecule has 0 radical (unpaired) electrons. The summed E-state index contributed by atoms with van der Waals surface area (Å²) in [5.74, 6) is -0.189. The van der Waals surface area contributed by atoms with Crippen LogP contribution in [-0.4, -0.2) is 41.8 Å². The van der Waals surface area contributed by atoms with E-state index in [0.717, 1.165) is 18.4 Å². The summed E-state index contributed by atoms with van der Waals surface area (Å²) in [5.41, 5.74) is 0.994. The largest absolute Gasteiger partial charge is 0.335 e. The fourth-order valence-electron chi connectivity index (χ4n) is 2.69. The third kappa shape index (κ3) is 3.00. The Morgan fingerprint density at radius 3 is 2.70 bits per heavy atom. The summed E-state index contributed by atoms with van der Waals surface area (Å²) >= 11 is 0. The maximum absolute atomic E-state index is 12.6. The molecule has 0 aromatic carbocycles. The quantitative estimate of drug-likeness (QED) is 0.831. The van der Waals surface area contributed by atoms with Crippen molar-refractivity contribution >= 4 is 15.7 Å². The summed E-state index contributed by atoms with van der Waals surface area (Å²) in [6, 6.07) is 4.08. The zero-order chi connectivity index (χ0) is 14.2. The smallest absolute Gasteiger partial charge is 0.227 e. The third-order valence-corrected chi connectivity index (χ3v) is 5.70. The highest BCUT2D eigenvalue weighted by molar-refractivity contribution is 7.91. The van der Waals surface area contributed by atoms with Crippen LogP contribution in [0.2, 0.25) is 0 Å². The Morgan fingerprint density at radius 1 is 1.35 bits per heavy atom. The van der Waals surface area contributed by atoms with Gasteiger partial charge < -0.3 is 4.90 Å². The molecule has 0 spiro atoms. The summed E-state index contributed by atoms with van der Waals surface area (Å²) in [6.07, 6.45) is 5.97. The number of carbonyl (C=O) groups is 1. The molecule has 1 saturated heterocycles. The maximum Gasteiger partial charge on any atom is 0.227 e. The molecule has 2 fully saturated rings. The average Bonchev–Trinajstić information content (AvgIpc) is 3.20. The predicted molar refractivity (Wildman–Crippen MR) is 74.6 cm³/mol. The highest BCUT2D eigenvalue weighted by Gasteiger charge is 2.40. The Morgan fingerprint density at radius 2 is 2.15 bits per heavy atom. The van der Waals surface area contributed by atoms with Gasteiger partial charge in [0, 0.05) is 25.0 Å². The molecule has 1 aromatic rings. The van der Waals surface area contributed by atoms with Crippen molar-refractivity contribution in [1.29, 1.82) is 0 Å². The second-order valence-corrected chi connectivity index (χ2v) is 7.89. The van der Waals surface area contributed by atoms with Gasteiger partial charge in [-0.3, -0.25) is 9.78 Å². The van der Waals surface area contributed by atoms with Crippen LogP contribution in [0.15, 0.2) is 24.5 Å². The van der Waals surface area contributed by atoms with Crippen molar-refractivity contribution in [3.8, 4) is 0 Å². The lowest BCUT2D eigenvalue weighted by atomic mass is 10.1. The number of rotatable bonds is 4. The fraction of sp³-hybridized carbons (Fsp3) is 0.571.